The molecule has 0 saturated carbocycles. The third kappa shape index (κ3) is 3.43. The number of hydrogen-bond acceptors (Lipinski definition) is 5. The lowest BCUT2D eigenvalue weighted by atomic mass is 10.0. The summed E-state index contributed by atoms with van der Waals surface area (Å²) in [5.74, 6) is 2.92. The molecule has 0 saturated heterocycles. The zero-order valence-corrected chi connectivity index (χ0v) is 15.8. The molecular formula is C22H23NO4. The summed E-state index contributed by atoms with van der Waals surface area (Å²) < 4.78 is 17.1. The number of ketones is 1. The first-order chi connectivity index (χ1) is 13.0. The molecule has 0 fully saturated rings. The number of Topliss-reactive ketones (excluding diaryl/α,β-unsaturated/α-hetero) is 1. The number of rotatable bonds is 4. The molecule has 0 unspecified atom stereocenters. The van der Waals surface area contributed by atoms with Gasteiger partial charge in [0.2, 0.25) is 5.78 Å². The van der Waals surface area contributed by atoms with Crippen LogP contribution in [-0.4, -0.2) is 31.1 Å². The molecule has 0 N–H and O–H groups in total. The van der Waals surface area contributed by atoms with E-state index in [2.05, 4.69) is 18.7 Å². The predicted octanol–water partition coefficient (Wildman–Crippen LogP) is 4.12. The van der Waals surface area contributed by atoms with Crippen LogP contribution in [0.4, 0.5) is 0 Å². The first-order valence-corrected chi connectivity index (χ1v) is 9.14. The van der Waals surface area contributed by atoms with Gasteiger partial charge < -0.3 is 14.2 Å². The third-order valence-electron chi connectivity index (χ3n) is 4.70. The molecule has 0 spiro atoms. The topological polar surface area (TPSA) is 48.0 Å². The van der Waals surface area contributed by atoms with Crippen LogP contribution in [0.2, 0.25) is 0 Å². The Bertz CT molecular complexity index is 917. The van der Waals surface area contributed by atoms with Crippen molar-refractivity contribution in [2.24, 2.45) is 5.92 Å². The number of nitrogens with zero attached hydrogens (tertiary/aromatic N) is 1. The van der Waals surface area contributed by atoms with Gasteiger partial charge in [0.25, 0.3) is 0 Å². The number of carbonyl (C=O) groups is 1. The lowest BCUT2D eigenvalue weighted by Gasteiger charge is -2.30. The maximum Gasteiger partial charge on any atom is 0.231 e. The fourth-order valence-corrected chi connectivity index (χ4v) is 3.52. The van der Waals surface area contributed by atoms with Gasteiger partial charge >= 0.3 is 0 Å². The van der Waals surface area contributed by atoms with E-state index >= 15 is 0 Å². The quantitative estimate of drug-likeness (QED) is 0.763. The summed E-state index contributed by atoms with van der Waals surface area (Å²) in [4.78, 5) is 15.0. The molecule has 140 valence electrons. The number of carbonyl (C=O) groups excluding carboxylic acids is 1. The van der Waals surface area contributed by atoms with E-state index in [1.54, 1.807) is 19.3 Å². The fourth-order valence-electron chi connectivity index (χ4n) is 3.52. The van der Waals surface area contributed by atoms with Crippen LogP contribution >= 0.6 is 0 Å². The molecule has 0 bridgehead atoms. The molecule has 5 heteroatoms. The second-order valence-corrected chi connectivity index (χ2v) is 7.31. The standard InChI is InChI=1S/C22H23NO4/c1-14(2)11-23-12-18-19(26-13-23)8-7-17-21(24)20(27-22(17)18)10-15-5-4-6-16(9-15)25-3/h4-10,14H,11-13H2,1-3H3/b20-10-. The van der Waals surface area contributed by atoms with Crippen molar-refractivity contribution < 1.29 is 19.0 Å². The number of allylic oxidation sites excluding steroid dienone is 1. The predicted molar refractivity (Wildman–Crippen MR) is 103 cm³/mol. The summed E-state index contributed by atoms with van der Waals surface area (Å²) in [5.41, 5.74) is 2.40. The molecule has 0 aliphatic carbocycles. The monoisotopic (exact) mass is 365 g/mol. The highest BCUT2D eigenvalue weighted by molar-refractivity contribution is 6.15. The van der Waals surface area contributed by atoms with E-state index < -0.39 is 0 Å². The SMILES string of the molecule is COc1cccc(/C=C2\Oc3c(ccc4c3CN(CC(C)C)CO4)C2=O)c1. The Morgan fingerprint density at radius 1 is 1.26 bits per heavy atom. The Balaban J connectivity index is 1.65. The van der Waals surface area contributed by atoms with Crippen LogP contribution in [0.25, 0.3) is 6.08 Å². The smallest absolute Gasteiger partial charge is 0.231 e. The largest absolute Gasteiger partial charge is 0.497 e. The van der Waals surface area contributed by atoms with Crippen molar-refractivity contribution in [3.05, 3.63) is 58.8 Å². The molecule has 2 aliphatic rings. The maximum absolute atomic E-state index is 12.8. The van der Waals surface area contributed by atoms with Crippen LogP contribution in [0.5, 0.6) is 17.2 Å². The Morgan fingerprint density at radius 2 is 2.11 bits per heavy atom. The summed E-state index contributed by atoms with van der Waals surface area (Å²) >= 11 is 0. The average Bonchev–Trinajstić information content (AvgIpc) is 2.97. The van der Waals surface area contributed by atoms with Crippen LogP contribution in [0, 0.1) is 5.92 Å². The first kappa shape index (κ1) is 17.6. The van der Waals surface area contributed by atoms with Gasteiger partial charge in [0.05, 0.1) is 18.2 Å². The molecule has 0 amide bonds. The summed E-state index contributed by atoms with van der Waals surface area (Å²) in [5, 5.41) is 0. The summed E-state index contributed by atoms with van der Waals surface area (Å²) in [6, 6.07) is 11.2. The highest BCUT2D eigenvalue weighted by atomic mass is 16.5. The minimum absolute atomic E-state index is 0.100. The minimum Gasteiger partial charge on any atom is -0.497 e. The van der Waals surface area contributed by atoms with Gasteiger partial charge in [0.1, 0.15) is 24.0 Å². The molecule has 0 radical (unpaired) electrons. The Hall–Kier alpha value is -2.79. The maximum atomic E-state index is 12.8. The Kier molecular flexibility index (Phi) is 4.62. The summed E-state index contributed by atoms with van der Waals surface area (Å²) in [6.07, 6.45) is 1.76. The van der Waals surface area contributed by atoms with Crippen LogP contribution < -0.4 is 14.2 Å². The zero-order chi connectivity index (χ0) is 19.0. The second kappa shape index (κ2) is 7.08. The van der Waals surface area contributed by atoms with Gasteiger partial charge in [-0.1, -0.05) is 26.0 Å². The number of benzene rings is 2. The van der Waals surface area contributed by atoms with Crippen molar-refractivity contribution in [1.82, 2.24) is 4.90 Å². The van der Waals surface area contributed by atoms with Crippen molar-refractivity contribution in [3.63, 3.8) is 0 Å². The Morgan fingerprint density at radius 3 is 2.89 bits per heavy atom. The molecule has 2 aromatic carbocycles. The lowest BCUT2D eigenvalue weighted by Crippen LogP contribution is -2.34. The molecule has 2 aliphatic heterocycles. The van der Waals surface area contributed by atoms with Gasteiger partial charge in [-0.3, -0.25) is 9.69 Å². The summed E-state index contributed by atoms with van der Waals surface area (Å²) in [7, 11) is 1.62. The van der Waals surface area contributed by atoms with E-state index in [1.165, 1.54) is 0 Å². The van der Waals surface area contributed by atoms with Crippen LogP contribution in [0.15, 0.2) is 42.2 Å². The van der Waals surface area contributed by atoms with Gasteiger partial charge in [-0.2, -0.15) is 0 Å². The van der Waals surface area contributed by atoms with E-state index in [0.29, 0.717) is 29.7 Å². The Labute approximate surface area is 159 Å². The lowest BCUT2D eigenvalue weighted by molar-refractivity contribution is 0.0832. The van der Waals surface area contributed by atoms with Crippen molar-refractivity contribution in [2.75, 3.05) is 20.4 Å². The van der Waals surface area contributed by atoms with E-state index in [9.17, 15) is 4.79 Å². The first-order valence-electron chi connectivity index (χ1n) is 9.14. The van der Waals surface area contributed by atoms with Gasteiger partial charge in [-0.05, 0) is 41.8 Å². The molecule has 5 nitrogen and oxygen atoms in total. The molecule has 0 atom stereocenters. The molecule has 2 aromatic rings. The van der Waals surface area contributed by atoms with Crippen molar-refractivity contribution in [3.8, 4) is 17.2 Å². The highest BCUT2D eigenvalue weighted by Gasteiger charge is 2.33. The number of ether oxygens (including phenoxy) is 3. The van der Waals surface area contributed by atoms with Crippen molar-refractivity contribution in [2.45, 2.75) is 20.4 Å². The van der Waals surface area contributed by atoms with Crippen molar-refractivity contribution in [1.29, 1.82) is 0 Å². The zero-order valence-electron chi connectivity index (χ0n) is 15.8. The van der Waals surface area contributed by atoms with Crippen LogP contribution in [0.1, 0.15) is 35.3 Å². The third-order valence-corrected chi connectivity index (χ3v) is 4.70. The number of hydrogen-bond donors (Lipinski definition) is 0. The van der Waals surface area contributed by atoms with Gasteiger partial charge in [-0.25, -0.2) is 0 Å². The molecule has 27 heavy (non-hydrogen) atoms. The normalized spacial score (nSPS) is 17.5. The van der Waals surface area contributed by atoms with E-state index in [4.69, 9.17) is 14.2 Å². The second-order valence-electron chi connectivity index (χ2n) is 7.31. The summed E-state index contributed by atoms with van der Waals surface area (Å²) in [6.45, 7) is 6.57. The van der Waals surface area contributed by atoms with E-state index in [-0.39, 0.29) is 5.78 Å². The molecule has 0 aromatic heterocycles. The molecule has 2 heterocycles. The fraction of sp³-hybridized carbons (Fsp3) is 0.318. The highest BCUT2D eigenvalue weighted by Crippen LogP contribution is 2.42. The van der Waals surface area contributed by atoms with Gasteiger partial charge in [0.15, 0.2) is 5.76 Å². The van der Waals surface area contributed by atoms with E-state index in [0.717, 1.165) is 35.7 Å². The van der Waals surface area contributed by atoms with Gasteiger partial charge in [-0.15, -0.1) is 0 Å². The van der Waals surface area contributed by atoms with Crippen LogP contribution in [0.3, 0.4) is 0 Å². The molecule has 4 rings (SSSR count). The van der Waals surface area contributed by atoms with Crippen molar-refractivity contribution >= 4 is 11.9 Å². The van der Waals surface area contributed by atoms with Crippen LogP contribution in [-0.2, 0) is 6.54 Å². The molecular weight excluding hydrogens is 342 g/mol. The number of fused-ring (bicyclic) bond motifs is 3. The number of methoxy groups -OCH3 is 1. The van der Waals surface area contributed by atoms with E-state index in [1.807, 2.05) is 30.3 Å². The van der Waals surface area contributed by atoms with Gasteiger partial charge in [0, 0.05) is 13.1 Å². The average molecular weight is 365 g/mol. The minimum atomic E-state index is -0.100.